The summed E-state index contributed by atoms with van der Waals surface area (Å²) >= 11 is 12.9. The van der Waals surface area contributed by atoms with E-state index in [0.29, 0.717) is 10.8 Å². The van der Waals surface area contributed by atoms with Gasteiger partial charge < -0.3 is 4.90 Å². The lowest BCUT2D eigenvalue weighted by molar-refractivity contribution is 0.352. The van der Waals surface area contributed by atoms with Crippen molar-refractivity contribution in [2.75, 3.05) is 18.8 Å². The van der Waals surface area contributed by atoms with Gasteiger partial charge in [0.15, 0.2) is 0 Å². The molecule has 21 heavy (non-hydrogen) atoms. The van der Waals surface area contributed by atoms with E-state index in [1.807, 2.05) is 30.3 Å². The number of halogens is 1. The van der Waals surface area contributed by atoms with Crippen LogP contribution in [0.4, 0.5) is 0 Å². The quantitative estimate of drug-likeness (QED) is 0.588. The first kappa shape index (κ1) is 16.4. The Balaban J connectivity index is 1.91. The average molecular weight is 337 g/mol. The van der Waals surface area contributed by atoms with Crippen molar-refractivity contribution < 1.29 is 0 Å². The fraction of sp³-hybridized carbons (Fsp3) is 0.375. The van der Waals surface area contributed by atoms with Gasteiger partial charge in [-0.05, 0) is 43.0 Å². The molecule has 1 fully saturated rings. The molecule has 0 aliphatic carbocycles. The summed E-state index contributed by atoms with van der Waals surface area (Å²) in [6, 6.07) is 9.73. The van der Waals surface area contributed by atoms with Crippen LogP contribution in [0, 0.1) is 11.3 Å². The van der Waals surface area contributed by atoms with E-state index in [1.54, 1.807) is 11.8 Å². The fourth-order valence-corrected chi connectivity index (χ4v) is 3.45. The molecule has 110 valence electrons. The Bertz CT molecular complexity index is 555. The molecule has 0 saturated carbocycles. The van der Waals surface area contributed by atoms with Gasteiger partial charge in [-0.15, -0.1) is 0 Å². The zero-order valence-corrected chi connectivity index (χ0v) is 14.1. The highest BCUT2D eigenvalue weighted by Gasteiger charge is 2.14. The number of nitriles is 1. The number of hydrogen-bond acceptors (Lipinski definition) is 3. The molecule has 1 aliphatic heterocycles. The minimum absolute atomic E-state index is 0.620. The molecule has 0 aromatic heterocycles. The Morgan fingerprint density at radius 1 is 1.29 bits per heavy atom. The third kappa shape index (κ3) is 5.35. The van der Waals surface area contributed by atoms with Crippen LogP contribution in [0.5, 0.6) is 0 Å². The predicted molar refractivity (Wildman–Crippen MR) is 95.5 cm³/mol. The van der Waals surface area contributed by atoms with Gasteiger partial charge in [0.1, 0.15) is 4.32 Å². The zero-order valence-electron chi connectivity index (χ0n) is 11.7. The summed E-state index contributed by atoms with van der Waals surface area (Å²) in [5.41, 5.74) is 1.71. The lowest BCUT2D eigenvalue weighted by atomic mass is 10.1. The molecule has 1 aliphatic rings. The maximum Gasteiger partial charge on any atom is 0.136 e. The van der Waals surface area contributed by atoms with E-state index in [0.717, 1.165) is 28.5 Å². The maximum atomic E-state index is 9.25. The van der Waals surface area contributed by atoms with E-state index >= 15 is 0 Å². The first-order valence-electron chi connectivity index (χ1n) is 6.97. The summed E-state index contributed by atoms with van der Waals surface area (Å²) in [6.07, 6.45) is 5.62. The van der Waals surface area contributed by atoms with Gasteiger partial charge in [0.2, 0.25) is 0 Å². The van der Waals surface area contributed by atoms with E-state index in [2.05, 4.69) is 11.0 Å². The third-order valence-corrected chi connectivity index (χ3v) is 5.14. The van der Waals surface area contributed by atoms with Crippen molar-refractivity contribution in [1.82, 2.24) is 4.90 Å². The second-order valence-corrected chi connectivity index (χ2v) is 6.98. The molecule has 0 radical (unpaired) electrons. The first-order chi connectivity index (χ1) is 10.2. The van der Waals surface area contributed by atoms with Crippen LogP contribution in [-0.2, 0) is 0 Å². The normalized spacial score (nSPS) is 15.6. The van der Waals surface area contributed by atoms with Crippen molar-refractivity contribution in [3.8, 4) is 6.07 Å². The van der Waals surface area contributed by atoms with Gasteiger partial charge in [-0.25, -0.2) is 0 Å². The van der Waals surface area contributed by atoms with Gasteiger partial charge in [-0.2, -0.15) is 5.26 Å². The molecular weight excluding hydrogens is 320 g/mol. The summed E-state index contributed by atoms with van der Waals surface area (Å²) < 4.78 is 0.909. The van der Waals surface area contributed by atoms with Crippen molar-refractivity contribution in [2.45, 2.75) is 19.3 Å². The SMILES string of the molecule is N#C/C(=C\c1ccc(Cl)cc1)CSC(=S)N1CCCCC1. The van der Waals surface area contributed by atoms with Crippen molar-refractivity contribution >= 4 is 46.0 Å². The van der Waals surface area contributed by atoms with Gasteiger partial charge in [0.25, 0.3) is 0 Å². The smallest absolute Gasteiger partial charge is 0.136 e. The molecule has 1 aromatic rings. The molecular formula is C16H17ClN2S2. The second kappa shape index (κ2) is 8.43. The Labute approximate surface area is 140 Å². The Hall–Kier alpha value is -1.02. The van der Waals surface area contributed by atoms with Gasteiger partial charge in [-0.3, -0.25) is 0 Å². The summed E-state index contributed by atoms with van der Waals surface area (Å²) in [7, 11) is 0. The van der Waals surface area contributed by atoms with Crippen LogP contribution >= 0.6 is 35.6 Å². The van der Waals surface area contributed by atoms with E-state index in [4.69, 9.17) is 23.8 Å². The van der Waals surface area contributed by atoms with Crippen molar-refractivity contribution in [2.24, 2.45) is 0 Å². The number of hydrogen-bond donors (Lipinski definition) is 0. The zero-order chi connectivity index (χ0) is 15.1. The molecule has 0 bridgehead atoms. The van der Waals surface area contributed by atoms with Gasteiger partial charge in [-0.1, -0.05) is 47.7 Å². The fourth-order valence-electron chi connectivity index (χ4n) is 2.17. The first-order valence-corrected chi connectivity index (χ1v) is 8.74. The molecule has 5 heteroatoms. The van der Waals surface area contributed by atoms with Crippen molar-refractivity contribution in [3.63, 3.8) is 0 Å². The Morgan fingerprint density at radius 3 is 2.57 bits per heavy atom. The molecule has 2 nitrogen and oxygen atoms in total. The van der Waals surface area contributed by atoms with E-state index < -0.39 is 0 Å². The molecule has 0 spiro atoms. The number of piperidine rings is 1. The molecule has 0 amide bonds. The number of thioether (sulfide) groups is 1. The van der Waals surface area contributed by atoms with Gasteiger partial charge in [0.05, 0.1) is 6.07 Å². The van der Waals surface area contributed by atoms with E-state index in [-0.39, 0.29) is 0 Å². The van der Waals surface area contributed by atoms with Gasteiger partial charge >= 0.3 is 0 Å². The molecule has 0 unspecified atom stereocenters. The molecule has 2 rings (SSSR count). The lowest BCUT2D eigenvalue weighted by Gasteiger charge is -2.28. The van der Waals surface area contributed by atoms with Crippen LogP contribution in [-0.4, -0.2) is 28.1 Å². The minimum Gasteiger partial charge on any atom is -0.358 e. The molecule has 1 saturated heterocycles. The van der Waals surface area contributed by atoms with Crippen LogP contribution in [0.15, 0.2) is 29.8 Å². The van der Waals surface area contributed by atoms with Crippen molar-refractivity contribution in [1.29, 1.82) is 5.26 Å². The van der Waals surface area contributed by atoms with Crippen LogP contribution in [0.25, 0.3) is 6.08 Å². The number of nitrogens with zero attached hydrogens (tertiary/aromatic N) is 2. The maximum absolute atomic E-state index is 9.25. The Morgan fingerprint density at radius 2 is 1.95 bits per heavy atom. The van der Waals surface area contributed by atoms with Crippen LogP contribution in [0.1, 0.15) is 24.8 Å². The average Bonchev–Trinajstić information content (AvgIpc) is 2.53. The highest BCUT2D eigenvalue weighted by Crippen LogP contribution is 2.19. The molecule has 0 atom stereocenters. The van der Waals surface area contributed by atoms with Crippen molar-refractivity contribution in [3.05, 3.63) is 40.4 Å². The van der Waals surface area contributed by atoms with Crippen LogP contribution < -0.4 is 0 Å². The Kier molecular flexibility index (Phi) is 6.56. The summed E-state index contributed by atoms with van der Waals surface area (Å²) in [4.78, 5) is 2.25. The second-order valence-electron chi connectivity index (χ2n) is 4.94. The number of likely N-dealkylation sites (tertiary alicyclic amines) is 1. The summed E-state index contributed by atoms with van der Waals surface area (Å²) in [6.45, 7) is 2.10. The standard InChI is InChI=1S/C16H17ClN2S2/c17-15-6-4-13(5-7-15)10-14(11-18)12-21-16(20)19-8-2-1-3-9-19/h4-7,10H,1-3,8-9,12H2/b14-10+. The van der Waals surface area contributed by atoms with E-state index in [1.165, 1.54) is 19.3 Å². The molecule has 1 heterocycles. The van der Waals surface area contributed by atoms with Crippen LogP contribution in [0.3, 0.4) is 0 Å². The predicted octanol–water partition coefficient (Wildman–Crippen LogP) is 4.75. The molecule has 1 aromatic carbocycles. The molecule has 0 N–H and O–H groups in total. The topological polar surface area (TPSA) is 27.0 Å². The third-order valence-electron chi connectivity index (χ3n) is 3.32. The number of benzene rings is 1. The number of thiocarbonyl (C=S) groups is 1. The summed E-state index contributed by atoms with van der Waals surface area (Å²) in [5.74, 6) is 0.620. The summed E-state index contributed by atoms with van der Waals surface area (Å²) in [5, 5.41) is 9.95. The van der Waals surface area contributed by atoms with Gasteiger partial charge in [0, 0.05) is 29.4 Å². The minimum atomic E-state index is 0.620. The monoisotopic (exact) mass is 336 g/mol. The van der Waals surface area contributed by atoms with Crippen LogP contribution in [0.2, 0.25) is 5.02 Å². The highest BCUT2D eigenvalue weighted by atomic mass is 35.5. The number of rotatable bonds is 3. The highest BCUT2D eigenvalue weighted by molar-refractivity contribution is 8.23. The van der Waals surface area contributed by atoms with E-state index in [9.17, 15) is 5.26 Å². The lowest BCUT2D eigenvalue weighted by Crippen LogP contribution is -2.32. The largest absolute Gasteiger partial charge is 0.358 e.